The highest BCUT2D eigenvalue weighted by atomic mass is 16.5. The fourth-order valence-electron chi connectivity index (χ4n) is 3.41. The van der Waals surface area contributed by atoms with Crippen molar-refractivity contribution in [2.75, 3.05) is 51.1 Å². The van der Waals surface area contributed by atoms with Crippen LogP contribution >= 0.6 is 0 Å². The number of hydrogen-bond donors (Lipinski definition) is 2. The van der Waals surface area contributed by atoms with Crippen molar-refractivity contribution in [2.45, 2.75) is 19.0 Å². The molecule has 1 saturated heterocycles. The van der Waals surface area contributed by atoms with E-state index >= 15 is 0 Å². The van der Waals surface area contributed by atoms with E-state index in [0.29, 0.717) is 18.2 Å². The molecule has 2 aromatic rings. The van der Waals surface area contributed by atoms with Crippen LogP contribution in [-0.2, 0) is 6.54 Å². The molecule has 8 heteroatoms. The second-order valence-electron chi connectivity index (χ2n) is 6.59. The van der Waals surface area contributed by atoms with Gasteiger partial charge < -0.3 is 25.2 Å². The molecule has 0 unspecified atom stereocenters. The lowest BCUT2D eigenvalue weighted by atomic mass is 10.1. The number of methoxy groups -OCH3 is 2. The first-order valence-electron chi connectivity index (χ1n) is 9.03. The van der Waals surface area contributed by atoms with Crippen molar-refractivity contribution >= 4 is 11.8 Å². The summed E-state index contributed by atoms with van der Waals surface area (Å²) in [6, 6.07) is 7.77. The molecule has 0 amide bonds. The molecule has 1 aliphatic heterocycles. The molecular weight excluding hydrogens is 346 g/mol. The molecule has 1 fully saturated rings. The number of aliphatic hydroxyl groups is 1. The van der Waals surface area contributed by atoms with E-state index in [1.165, 1.54) is 0 Å². The SMILES string of the molecule is COc1cc(CN2CCN(c3nccc(N)n3)C[C@H]2CCO)cc(OC)c1. The van der Waals surface area contributed by atoms with Gasteiger partial charge in [-0.2, -0.15) is 4.98 Å². The number of anilines is 2. The molecule has 146 valence electrons. The molecule has 8 nitrogen and oxygen atoms in total. The van der Waals surface area contributed by atoms with E-state index in [9.17, 15) is 5.11 Å². The minimum atomic E-state index is 0.133. The first-order valence-corrected chi connectivity index (χ1v) is 9.03. The highest BCUT2D eigenvalue weighted by molar-refractivity contribution is 5.40. The van der Waals surface area contributed by atoms with Gasteiger partial charge in [-0.25, -0.2) is 4.98 Å². The summed E-state index contributed by atoms with van der Waals surface area (Å²) in [5.41, 5.74) is 6.90. The van der Waals surface area contributed by atoms with Crippen LogP contribution in [0.15, 0.2) is 30.5 Å². The lowest BCUT2D eigenvalue weighted by molar-refractivity contribution is 0.134. The number of aliphatic hydroxyl groups excluding tert-OH is 1. The Kier molecular flexibility index (Phi) is 6.31. The molecule has 0 spiro atoms. The predicted molar refractivity (Wildman–Crippen MR) is 104 cm³/mol. The van der Waals surface area contributed by atoms with Crippen LogP contribution in [0, 0.1) is 0 Å². The molecule has 1 aliphatic rings. The number of hydrogen-bond acceptors (Lipinski definition) is 8. The number of nitrogens with two attached hydrogens (primary N) is 1. The van der Waals surface area contributed by atoms with E-state index in [1.54, 1.807) is 26.5 Å². The summed E-state index contributed by atoms with van der Waals surface area (Å²) in [5.74, 6) is 2.65. The Morgan fingerprint density at radius 3 is 2.56 bits per heavy atom. The van der Waals surface area contributed by atoms with Crippen molar-refractivity contribution in [3.63, 3.8) is 0 Å². The number of nitrogen functional groups attached to an aromatic ring is 1. The van der Waals surface area contributed by atoms with Crippen molar-refractivity contribution in [3.05, 3.63) is 36.0 Å². The fourth-order valence-corrected chi connectivity index (χ4v) is 3.41. The van der Waals surface area contributed by atoms with Gasteiger partial charge in [0.05, 0.1) is 14.2 Å². The average Bonchev–Trinajstić information content (AvgIpc) is 2.69. The van der Waals surface area contributed by atoms with Gasteiger partial charge in [0, 0.05) is 51.1 Å². The van der Waals surface area contributed by atoms with Crippen LogP contribution in [0.25, 0.3) is 0 Å². The quantitative estimate of drug-likeness (QED) is 0.746. The molecular formula is C19H27N5O3. The average molecular weight is 373 g/mol. The molecule has 2 heterocycles. The highest BCUT2D eigenvalue weighted by Crippen LogP contribution is 2.26. The Morgan fingerprint density at radius 2 is 1.93 bits per heavy atom. The lowest BCUT2D eigenvalue weighted by Gasteiger charge is -2.41. The Labute approximate surface area is 159 Å². The van der Waals surface area contributed by atoms with Crippen LogP contribution in [0.5, 0.6) is 11.5 Å². The first kappa shape index (κ1) is 19.2. The maximum atomic E-state index is 9.53. The summed E-state index contributed by atoms with van der Waals surface area (Å²) in [5, 5.41) is 9.53. The Hall–Kier alpha value is -2.58. The molecule has 3 N–H and O–H groups in total. The maximum absolute atomic E-state index is 9.53. The molecule has 27 heavy (non-hydrogen) atoms. The van der Waals surface area contributed by atoms with Gasteiger partial charge in [0.15, 0.2) is 0 Å². The standard InChI is InChI=1S/C19H27N5O3/c1-26-16-9-14(10-17(11-16)27-2)12-23-6-7-24(13-15(23)4-8-25)19-21-5-3-18(20)22-19/h3,5,9-11,15,25H,4,6-8,12-13H2,1-2H3,(H2,20,21,22)/t15-/m1/s1. The van der Waals surface area contributed by atoms with E-state index in [-0.39, 0.29) is 12.6 Å². The zero-order valence-corrected chi connectivity index (χ0v) is 15.8. The van der Waals surface area contributed by atoms with E-state index in [2.05, 4.69) is 19.8 Å². The molecule has 1 aromatic heterocycles. The summed E-state index contributed by atoms with van der Waals surface area (Å²) < 4.78 is 10.7. The molecule has 0 aliphatic carbocycles. The summed E-state index contributed by atoms with van der Waals surface area (Å²) in [4.78, 5) is 13.1. The van der Waals surface area contributed by atoms with E-state index in [4.69, 9.17) is 15.2 Å². The zero-order chi connectivity index (χ0) is 19.2. The van der Waals surface area contributed by atoms with Crippen molar-refractivity contribution < 1.29 is 14.6 Å². The van der Waals surface area contributed by atoms with Crippen LogP contribution in [0.2, 0.25) is 0 Å². The molecule has 1 aromatic carbocycles. The molecule has 1 atom stereocenters. The van der Waals surface area contributed by atoms with Crippen LogP contribution in [0.3, 0.4) is 0 Å². The fraction of sp³-hybridized carbons (Fsp3) is 0.474. The minimum absolute atomic E-state index is 0.133. The van der Waals surface area contributed by atoms with Crippen LogP contribution < -0.4 is 20.1 Å². The Balaban J connectivity index is 1.74. The van der Waals surface area contributed by atoms with Crippen LogP contribution in [0.4, 0.5) is 11.8 Å². The summed E-state index contributed by atoms with van der Waals surface area (Å²) in [6.07, 6.45) is 2.35. The third-order valence-electron chi connectivity index (χ3n) is 4.81. The van der Waals surface area contributed by atoms with Gasteiger partial charge >= 0.3 is 0 Å². The summed E-state index contributed by atoms with van der Waals surface area (Å²) >= 11 is 0. The largest absolute Gasteiger partial charge is 0.497 e. The van der Waals surface area contributed by atoms with Gasteiger partial charge in [0.2, 0.25) is 5.95 Å². The number of aromatic nitrogens is 2. The number of nitrogens with zero attached hydrogens (tertiary/aromatic N) is 4. The van der Waals surface area contributed by atoms with Gasteiger partial charge in [-0.3, -0.25) is 4.90 Å². The molecule has 0 radical (unpaired) electrons. The Morgan fingerprint density at radius 1 is 1.19 bits per heavy atom. The normalized spacial score (nSPS) is 17.7. The maximum Gasteiger partial charge on any atom is 0.227 e. The van der Waals surface area contributed by atoms with E-state index in [0.717, 1.165) is 43.2 Å². The second kappa shape index (κ2) is 8.88. The third-order valence-corrected chi connectivity index (χ3v) is 4.81. The van der Waals surface area contributed by atoms with Crippen molar-refractivity contribution in [1.29, 1.82) is 0 Å². The summed E-state index contributed by atoms with van der Waals surface area (Å²) in [7, 11) is 3.30. The predicted octanol–water partition coefficient (Wildman–Crippen LogP) is 1.15. The lowest BCUT2D eigenvalue weighted by Crippen LogP contribution is -2.53. The number of ether oxygens (including phenoxy) is 2. The number of piperazine rings is 1. The van der Waals surface area contributed by atoms with E-state index in [1.807, 2.05) is 18.2 Å². The van der Waals surface area contributed by atoms with Crippen molar-refractivity contribution in [3.8, 4) is 11.5 Å². The monoisotopic (exact) mass is 373 g/mol. The van der Waals surface area contributed by atoms with Crippen molar-refractivity contribution in [2.24, 2.45) is 0 Å². The van der Waals surface area contributed by atoms with Gasteiger partial charge in [0.1, 0.15) is 17.3 Å². The van der Waals surface area contributed by atoms with Gasteiger partial charge in [-0.15, -0.1) is 0 Å². The highest BCUT2D eigenvalue weighted by Gasteiger charge is 2.28. The van der Waals surface area contributed by atoms with Crippen LogP contribution in [-0.4, -0.2) is 66.5 Å². The van der Waals surface area contributed by atoms with E-state index < -0.39 is 0 Å². The Bertz CT molecular complexity index is 736. The topological polar surface area (TPSA) is 97.0 Å². The molecule has 3 rings (SSSR count). The number of benzene rings is 1. The molecule has 0 bridgehead atoms. The minimum Gasteiger partial charge on any atom is -0.497 e. The van der Waals surface area contributed by atoms with Crippen LogP contribution in [0.1, 0.15) is 12.0 Å². The smallest absolute Gasteiger partial charge is 0.227 e. The first-order chi connectivity index (χ1) is 13.1. The summed E-state index contributed by atoms with van der Waals surface area (Å²) in [6.45, 7) is 3.26. The van der Waals surface area contributed by atoms with Gasteiger partial charge in [-0.05, 0) is 30.2 Å². The van der Waals surface area contributed by atoms with Crippen molar-refractivity contribution in [1.82, 2.24) is 14.9 Å². The number of rotatable bonds is 7. The van der Waals surface area contributed by atoms with Gasteiger partial charge in [0.25, 0.3) is 0 Å². The zero-order valence-electron chi connectivity index (χ0n) is 15.8. The van der Waals surface area contributed by atoms with Gasteiger partial charge in [-0.1, -0.05) is 0 Å². The molecule has 0 saturated carbocycles. The second-order valence-corrected chi connectivity index (χ2v) is 6.59. The third kappa shape index (κ3) is 4.78.